The van der Waals surface area contributed by atoms with Crippen molar-refractivity contribution < 1.29 is 24.2 Å². The van der Waals surface area contributed by atoms with E-state index in [0.29, 0.717) is 49.2 Å². The average Bonchev–Trinajstić information content (AvgIpc) is 2.66. The number of likely N-dealkylation sites (tertiary alicyclic amines) is 1. The summed E-state index contributed by atoms with van der Waals surface area (Å²) < 4.78 is 11.1. The minimum Gasteiger partial charge on any atom is -0.486 e. The van der Waals surface area contributed by atoms with Crippen LogP contribution in [-0.4, -0.2) is 61.3 Å². The van der Waals surface area contributed by atoms with Crippen LogP contribution >= 0.6 is 0 Å². The van der Waals surface area contributed by atoms with Crippen molar-refractivity contribution in [3.8, 4) is 11.5 Å². The zero-order valence-electron chi connectivity index (χ0n) is 14.9. The molecule has 0 bridgehead atoms. The minimum absolute atomic E-state index is 0.128. The Balaban J connectivity index is 1.43. The van der Waals surface area contributed by atoms with Gasteiger partial charge in [-0.05, 0) is 56.9 Å². The van der Waals surface area contributed by atoms with Crippen molar-refractivity contribution in [3.63, 3.8) is 0 Å². The molecule has 0 spiro atoms. The molecule has 0 atom stereocenters. The third kappa shape index (κ3) is 4.88. The standard InChI is InChI=1S/C19H26N2O5/c22-17(23)5-2-8-21-9-6-14(7-10-21)13-20-19(24)15-3-1-4-16-18(15)26-12-11-25-16/h1,3-4,14H,2,5-13H2,(H,20,24)(H,22,23). The second-order valence-corrected chi connectivity index (χ2v) is 6.82. The van der Waals surface area contributed by atoms with Gasteiger partial charge in [0.1, 0.15) is 13.2 Å². The number of nitrogens with zero attached hydrogens (tertiary/aromatic N) is 1. The Morgan fingerprint density at radius 2 is 1.96 bits per heavy atom. The van der Waals surface area contributed by atoms with Crippen molar-refractivity contribution in [2.45, 2.75) is 25.7 Å². The molecule has 7 heteroatoms. The highest BCUT2D eigenvalue weighted by Crippen LogP contribution is 2.33. The van der Waals surface area contributed by atoms with E-state index in [1.807, 2.05) is 6.07 Å². The molecule has 3 rings (SSSR count). The number of amides is 1. The van der Waals surface area contributed by atoms with Crippen LogP contribution in [0.25, 0.3) is 0 Å². The number of ether oxygens (including phenoxy) is 2. The van der Waals surface area contributed by atoms with Gasteiger partial charge in [-0.2, -0.15) is 0 Å². The van der Waals surface area contributed by atoms with Crippen molar-refractivity contribution in [2.24, 2.45) is 5.92 Å². The highest BCUT2D eigenvalue weighted by Gasteiger charge is 2.23. The van der Waals surface area contributed by atoms with Gasteiger partial charge in [0.15, 0.2) is 11.5 Å². The second kappa shape index (κ2) is 8.89. The molecule has 1 fully saturated rings. The summed E-state index contributed by atoms with van der Waals surface area (Å²) in [5, 5.41) is 11.7. The minimum atomic E-state index is -0.736. The van der Waals surface area contributed by atoms with Gasteiger partial charge in [-0.3, -0.25) is 9.59 Å². The van der Waals surface area contributed by atoms with Crippen LogP contribution < -0.4 is 14.8 Å². The number of aliphatic carboxylic acids is 1. The Morgan fingerprint density at radius 3 is 2.73 bits per heavy atom. The molecule has 142 valence electrons. The van der Waals surface area contributed by atoms with Crippen LogP contribution in [0.5, 0.6) is 11.5 Å². The van der Waals surface area contributed by atoms with Crippen molar-refractivity contribution in [1.29, 1.82) is 0 Å². The number of carboxylic acid groups (broad SMARTS) is 1. The molecule has 2 aliphatic rings. The summed E-state index contributed by atoms with van der Waals surface area (Å²) in [6, 6.07) is 5.37. The molecule has 0 saturated carbocycles. The van der Waals surface area contributed by atoms with Crippen LogP contribution in [0.3, 0.4) is 0 Å². The number of piperidine rings is 1. The van der Waals surface area contributed by atoms with Gasteiger partial charge in [0.25, 0.3) is 5.91 Å². The Kier molecular flexibility index (Phi) is 6.33. The summed E-state index contributed by atoms with van der Waals surface area (Å²) in [6.07, 6.45) is 2.95. The number of hydrogen-bond acceptors (Lipinski definition) is 5. The molecule has 2 N–H and O–H groups in total. The topological polar surface area (TPSA) is 88.1 Å². The first kappa shape index (κ1) is 18.5. The molecule has 2 heterocycles. The monoisotopic (exact) mass is 362 g/mol. The fourth-order valence-corrected chi connectivity index (χ4v) is 3.45. The summed E-state index contributed by atoms with van der Waals surface area (Å²) >= 11 is 0. The molecule has 1 amide bonds. The average molecular weight is 362 g/mol. The highest BCUT2D eigenvalue weighted by molar-refractivity contribution is 5.97. The molecular weight excluding hydrogens is 336 g/mol. The number of hydrogen-bond donors (Lipinski definition) is 2. The highest BCUT2D eigenvalue weighted by atomic mass is 16.6. The molecule has 1 aromatic rings. The fraction of sp³-hybridized carbons (Fsp3) is 0.579. The van der Waals surface area contributed by atoms with Gasteiger partial charge in [-0.25, -0.2) is 0 Å². The predicted octanol–water partition coefficient (Wildman–Crippen LogP) is 1.76. The number of carbonyl (C=O) groups excluding carboxylic acids is 1. The van der Waals surface area contributed by atoms with Crippen LogP contribution in [0.1, 0.15) is 36.0 Å². The fourth-order valence-electron chi connectivity index (χ4n) is 3.45. The molecule has 0 aromatic heterocycles. The van der Waals surface area contributed by atoms with Gasteiger partial charge in [-0.1, -0.05) is 6.07 Å². The van der Waals surface area contributed by atoms with E-state index in [-0.39, 0.29) is 12.3 Å². The van der Waals surface area contributed by atoms with Gasteiger partial charge < -0.3 is 24.8 Å². The quantitative estimate of drug-likeness (QED) is 0.769. The largest absolute Gasteiger partial charge is 0.486 e. The van der Waals surface area contributed by atoms with Gasteiger partial charge in [-0.15, -0.1) is 0 Å². The lowest BCUT2D eigenvalue weighted by Gasteiger charge is -2.32. The van der Waals surface area contributed by atoms with Crippen LogP contribution in [0.4, 0.5) is 0 Å². The molecule has 7 nitrogen and oxygen atoms in total. The number of benzene rings is 1. The van der Waals surface area contributed by atoms with E-state index in [0.717, 1.165) is 32.5 Å². The summed E-state index contributed by atoms with van der Waals surface area (Å²) in [5.74, 6) is 0.741. The zero-order valence-corrected chi connectivity index (χ0v) is 14.9. The molecule has 1 aromatic carbocycles. The summed E-state index contributed by atoms with van der Waals surface area (Å²) in [5.41, 5.74) is 0.522. The first-order valence-corrected chi connectivity index (χ1v) is 9.24. The normalized spacial score (nSPS) is 17.7. The molecule has 2 aliphatic heterocycles. The Bertz CT molecular complexity index is 641. The molecule has 0 radical (unpaired) electrons. The van der Waals surface area contributed by atoms with E-state index in [1.165, 1.54) is 0 Å². The van der Waals surface area contributed by atoms with E-state index in [9.17, 15) is 9.59 Å². The first-order chi connectivity index (χ1) is 12.6. The number of para-hydroxylation sites is 1. The smallest absolute Gasteiger partial charge is 0.303 e. The third-order valence-electron chi connectivity index (χ3n) is 4.93. The second-order valence-electron chi connectivity index (χ2n) is 6.82. The summed E-state index contributed by atoms with van der Waals surface area (Å²) in [6.45, 7) is 4.35. The zero-order chi connectivity index (χ0) is 18.4. The van der Waals surface area contributed by atoms with Crippen LogP contribution in [0, 0.1) is 5.92 Å². The molecular formula is C19H26N2O5. The Labute approximate surface area is 153 Å². The lowest BCUT2D eigenvalue weighted by Crippen LogP contribution is -2.39. The first-order valence-electron chi connectivity index (χ1n) is 9.24. The van der Waals surface area contributed by atoms with Crippen LogP contribution in [-0.2, 0) is 4.79 Å². The molecule has 1 saturated heterocycles. The van der Waals surface area contributed by atoms with Crippen LogP contribution in [0.2, 0.25) is 0 Å². The predicted molar refractivity (Wildman–Crippen MR) is 95.8 cm³/mol. The lowest BCUT2D eigenvalue weighted by atomic mass is 9.96. The van der Waals surface area contributed by atoms with Gasteiger partial charge >= 0.3 is 5.97 Å². The van der Waals surface area contributed by atoms with Gasteiger partial charge in [0, 0.05) is 13.0 Å². The van der Waals surface area contributed by atoms with Crippen molar-refractivity contribution in [2.75, 3.05) is 39.4 Å². The van der Waals surface area contributed by atoms with E-state index in [1.54, 1.807) is 12.1 Å². The third-order valence-corrected chi connectivity index (χ3v) is 4.93. The van der Waals surface area contributed by atoms with Crippen molar-refractivity contribution >= 4 is 11.9 Å². The van der Waals surface area contributed by atoms with E-state index in [4.69, 9.17) is 14.6 Å². The SMILES string of the molecule is O=C(O)CCCN1CCC(CNC(=O)c2cccc3c2OCCO3)CC1. The Morgan fingerprint density at radius 1 is 1.19 bits per heavy atom. The maximum absolute atomic E-state index is 12.5. The Hall–Kier alpha value is -2.28. The maximum atomic E-state index is 12.5. The number of nitrogens with one attached hydrogen (secondary N) is 1. The maximum Gasteiger partial charge on any atom is 0.303 e. The van der Waals surface area contributed by atoms with E-state index in [2.05, 4.69) is 10.2 Å². The number of carbonyl (C=O) groups is 2. The van der Waals surface area contributed by atoms with Crippen molar-refractivity contribution in [1.82, 2.24) is 10.2 Å². The van der Waals surface area contributed by atoms with Gasteiger partial charge in [0.2, 0.25) is 0 Å². The summed E-state index contributed by atoms with van der Waals surface area (Å²) in [7, 11) is 0. The number of carboxylic acids is 1. The lowest BCUT2D eigenvalue weighted by molar-refractivity contribution is -0.137. The molecule has 26 heavy (non-hydrogen) atoms. The van der Waals surface area contributed by atoms with Gasteiger partial charge in [0.05, 0.1) is 5.56 Å². The number of fused-ring (bicyclic) bond motifs is 1. The molecule has 0 aliphatic carbocycles. The van der Waals surface area contributed by atoms with Crippen LogP contribution in [0.15, 0.2) is 18.2 Å². The number of rotatable bonds is 7. The van der Waals surface area contributed by atoms with E-state index >= 15 is 0 Å². The summed E-state index contributed by atoms with van der Waals surface area (Å²) in [4.78, 5) is 25.4. The molecule has 0 unspecified atom stereocenters. The van der Waals surface area contributed by atoms with Crippen molar-refractivity contribution in [3.05, 3.63) is 23.8 Å². The van der Waals surface area contributed by atoms with E-state index < -0.39 is 5.97 Å².